The van der Waals surface area contributed by atoms with Crippen molar-refractivity contribution in [2.24, 2.45) is 0 Å². The van der Waals surface area contributed by atoms with Gasteiger partial charge in [-0.3, -0.25) is 4.79 Å². The Morgan fingerprint density at radius 1 is 1.60 bits per heavy atom. The molecular weight excluding hydrogens is 258 g/mol. The van der Waals surface area contributed by atoms with Crippen molar-refractivity contribution in [1.82, 2.24) is 15.6 Å². The van der Waals surface area contributed by atoms with Crippen LogP contribution in [0.5, 0.6) is 0 Å². The monoisotopic (exact) mass is 271 g/mol. The van der Waals surface area contributed by atoms with Crippen LogP contribution in [0, 0.1) is 0 Å². The Bertz CT molecular complexity index is 326. The molecule has 0 aromatic carbocycles. The van der Waals surface area contributed by atoms with E-state index < -0.39 is 0 Å². The topological polar surface area (TPSA) is 54.0 Å². The number of pyridine rings is 1. The quantitative estimate of drug-likeness (QED) is 0.865. The molecule has 0 aliphatic rings. The van der Waals surface area contributed by atoms with Crippen molar-refractivity contribution in [3.63, 3.8) is 0 Å². The zero-order valence-corrected chi connectivity index (χ0v) is 10.3. The van der Waals surface area contributed by atoms with E-state index in [9.17, 15) is 4.79 Å². The van der Waals surface area contributed by atoms with Crippen molar-refractivity contribution in [3.8, 4) is 0 Å². The summed E-state index contributed by atoms with van der Waals surface area (Å²) in [6.45, 7) is 2.59. The first kappa shape index (κ1) is 12.1. The molecule has 0 radical (unpaired) electrons. The van der Waals surface area contributed by atoms with Crippen LogP contribution >= 0.6 is 15.9 Å². The van der Waals surface area contributed by atoms with Crippen molar-refractivity contribution in [1.29, 1.82) is 0 Å². The third-order valence-corrected chi connectivity index (χ3v) is 2.49. The highest BCUT2D eigenvalue weighted by Crippen LogP contribution is 2.07. The van der Waals surface area contributed by atoms with Gasteiger partial charge in [-0.15, -0.1) is 0 Å². The highest BCUT2D eigenvalue weighted by Gasteiger charge is 2.07. The fourth-order valence-corrected chi connectivity index (χ4v) is 1.18. The van der Waals surface area contributed by atoms with Crippen LogP contribution in [0.3, 0.4) is 0 Å². The van der Waals surface area contributed by atoms with Crippen molar-refractivity contribution < 1.29 is 4.79 Å². The molecule has 1 aromatic rings. The summed E-state index contributed by atoms with van der Waals surface area (Å²) in [6, 6.07) is 3.73. The molecule has 0 bridgehead atoms. The summed E-state index contributed by atoms with van der Waals surface area (Å²) in [5.74, 6) is -0.149. The average Bonchev–Trinajstić information content (AvgIpc) is 2.26. The first-order valence-corrected chi connectivity index (χ1v) is 5.50. The van der Waals surface area contributed by atoms with Gasteiger partial charge >= 0.3 is 0 Å². The second-order valence-corrected chi connectivity index (χ2v) is 4.18. The number of aromatic nitrogens is 1. The molecule has 0 spiro atoms. The average molecular weight is 272 g/mol. The van der Waals surface area contributed by atoms with Gasteiger partial charge in [0.05, 0.1) is 0 Å². The normalized spacial score (nSPS) is 12.2. The Morgan fingerprint density at radius 3 is 2.87 bits per heavy atom. The lowest BCUT2D eigenvalue weighted by Gasteiger charge is -2.10. The van der Waals surface area contributed by atoms with Crippen molar-refractivity contribution in [3.05, 3.63) is 28.5 Å². The summed E-state index contributed by atoms with van der Waals surface area (Å²) in [6.07, 6.45) is 1.61. The first-order valence-electron chi connectivity index (χ1n) is 4.70. The van der Waals surface area contributed by atoms with Crippen LogP contribution in [0.25, 0.3) is 0 Å². The molecule has 82 valence electrons. The molecule has 1 heterocycles. The van der Waals surface area contributed by atoms with E-state index in [-0.39, 0.29) is 11.9 Å². The number of hydrogen-bond acceptors (Lipinski definition) is 3. The van der Waals surface area contributed by atoms with Gasteiger partial charge in [-0.25, -0.2) is 4.98 Å². The lowest BCUT2D eigenvalue weighted by molar-refractivity contribution is 0.0945. The summed E-state index contributed by atoms with van der Waals surface area (Å²) < 4.78 is 0.864. The first-order chi connectivity index (χ1) is 7.13. The molecule has 0 fully saturated rings. The standard InChI is InChI=1S/C10H14BrN3O/c1-7(12-2)5-14-10(15)9-4-3-8(11)6-13-9/h3-4,6-7,12H,5H2,1-2H3,(H,14,15). The number of halogens is 1. The number of hydrogen-bond donors (Lipinski definition) is 2. The van der Waals surface area contributed by atoms with E-state index in [0.29, 0.717) is 12.2 Å². The molecule has 0 saturated carbocycles. The second kappa shape index (κ2) is 5.82. The minimum atomic E-state index is -0.149. The number of rotatable bonds is 4. The van der Waals surface area contributed by atoms with Gasteiger partial charge in [0, 0.05) is 23.3 Å². The zero-order chi connectivity index (χ0) is 11.3. The molecule has 0 aliphatic heterocycles. The predicted octanol–water partition coefficient (Wildman–Crippen LogP) is 1.18. The summed E-state index contributed by atoms with van der Waals surface area (Å²) in [5, 5.41) is 5.83. The SMILES string of the molecule is CNC(C)CNC(=O)c1ccc(Br)cn1. The molecule has 15 heavy (non-hydrogen) atoms. The van der Waals surface area contributed by atoms with Gasteiger partial charge in [0.1, 0.15) is 5.69 Å². The van der Waals surface area contributed by atoms with Crippen LogP contribution in [0.4, 0.5) is 0 Å². The molecule has 2 N–H and O–H groups in total. The van der Waals surface area contributed by atoms with E-state index >= 15 is 0 Å². The van der Waals surface area contributed by atoms with Crippen LogP contribution in [-0.4, -0.2) is 30.5 Å². The summed E-state index contributed by atoms with van der Waals surface area (Å²) >= 11 is 3.26. The third-order valence-electron chi connectivity index (χ3n) is 2.02. The number of nitrogens with one attached hydrogen (secondary N) is 2. The molecule has 1 rings (SSSR count). The highest BCUT2D eigenvalue weighted by atomic mass is 79.9. The Kier molecular flexibility index (Phi) is 4.71. The maximum absolute atomic E-state index is 11.6. The molecule has 1 unspecified atom stereocenters. The van der Waals surface area contributed by atoms with E-state index in [1.807, 2.05) is 14.0 Å². The smallest absolute Gasteiger partial charge is 0.269 e. The second-order valence-electron chi connectivity index (χ2n) is 3.26. The largest absolute Gasteiger partial charge is 0.349 e. The Balaban J connectivity index is 2.50. The molecule has 4 nitrogen and oxygen atoms in total. The van der Waals surface area contributed by atoms with Gasteiger partial charge in [0.25, 0.3) is 5.91 Å². The molecule has 5 heteroatoms. The van der Waals surface area contributed by atoms with Gasteiger partial charge in [0.15, 0.2) is 0 Å². The Labute approximate surface area is 97.6 Å². The molecule has 1 aromatic heterocycles. The van der Waals surface area contributed by atoms with Crippen LogP contribution in [0.1, 0.15) is 17.4 Å². The molecule has 0 saturated heterocycles. The van der Waals surface area contributed by atoms with Gasteiger partial charge in [-0.05, 0) is 42.0 Å². The maximum atomic E-state index is 11.6. The van der Waals surface area contributed by atoms with Crippen molar-refractivity contribution >= 4 is 21.8 Å². The number of amides is 1. The summed E-state index contributed by atoms with van der Waals surface area (Å²) in [7, 11) is 1.86. The number of nitrogens with zero attached hydrogens (tertiary/aromatic N) is 1. The van der Waals surface area contributed by atoms with Crippen LogP contribution in [0.15, 0.2) is 22.8 Å². The Hall–Kier alpha value is -0.940. The minimum absolute atomic E-state index is 0.149. The zero-order valence-electron chi connectivity index (χ0n) is 8.75. The molecular formula is C10H14BrN3O. The van der Waals surface area contributed by atoms with E-state index in [1.54, 1.807) is 18.3 Å². The van der Waals surface area contributed by atoms with Gasteiger partial charge in [0.2, 0.25) is 0 Å². The van der Waals surface area contributed by atoms with E-state index in [4.69, 9.17) is 0 Å². The number of likely N-dealkylation sites (N-methyl/N-ethyl adjacent to an activating group) is 1. The summed E-state index contributed by atoms with van der Waals surface area (Å²) in [4.78, 5) is 15.6. The lowest BCUT2D eigenvalue weighted by Crippen LogP contribution is -2.37. The van der Waals surface area contributed by atoms with E-state index in [1.165, 1.54) is 0 Å². The van der Waals surface area contributed by atoms with Crippen LogP contribution in [0.2, 0.25) is 0 Å². The van der Waals surface area contributed by atoms with Gasteiger partial charge in [-0.2, -0.15) is 0 Å². The fourth-order valence-electron chi connectivity index (χ4n) is 0.949. The van der Waals surface area contributed by atoms with Crippen LogP contribution < -0.4 is 10.6 Å². The molecule has 1 atom stereocenters. The maximum Gasteiger partial charge on any atom is 0.269 e. The number of carbonyl (C=O) groups excluding carboxylic acids is 1. The van der Waals surface area contributed by atoms with E-state index in [0.717, 1.165) is 4.47 Å². The molecule has 0 aliphatic carbocycles. The fraction of sp³-hybridized carbons (Fsp3) is 0.400. The van der Waals surface area contributed by atoms with Gasteiger partial charge in [-0.1, -0.05) is 0 Å². The van der Waals surface area contributed by atoms with Gasteiger partial charge < -0.3 is 10.6 Å². The Morgan fingerprint density at radius 2 is 2.33 bits per heavy atom. The van der Waals surface area contributed by atoms with Crippen molar-refractivity contribution in [2.45, 2.75) is 13.0 Å². The van der Waals surface area contributed by atoms with E-state index in [2.05, 4.69) is 31.5 Å². The lowest BCUT2D eigenvalue weighted by atomic mass is 10.3. The molecule has 1 amide bonds. The minimum Gasteiger partial charge on any atom is -0.349 e. The number of carbonyl (C=O) groups is 1. The van der Waals surface area contributed by atoms with Crippen molar-refractivity contribution in [2.75, 3.05) is 13.6 Å². The predicted molar refractivity (Wildman–Crippen MR) is 62.8 cm³/mol. The third kappa shape index (κ3) is 3.97. The highest BCUT2D eigenvalue weighted by molar-refractivity contribution is 9.10. The summed E-state index contributed by atoms with van der Waals surface area (Å²) in [5.41, 5.74) is 0.432. The van der Waals surface area contributed by atoms with Crippen LogP contribution in [-0.2, 0) is 0 Å².